The van der Waals surface area contributed by atoms with Crippen molar-refractivity contribution in [3.8, 4) is 174 Å². The smallest absolute Gasteiger partial charge is 0.335 e. The number of carbonyl (C=O) groups excluding carboxylic acids is 4. The molecule has 0 amide bonds. The van der Waals surface area contributed by atoms with Crippen molar-refractivity contribution in [3.05, 3.63) is 390 Å². The number of phenolic OH excluding ortho intramolecular Hbond substituents is 1. The molecule has 1 atom stereocenters. The molecule has 16 aromatic carbocycles. The summed E-state index contributed by atoms with van der Waals surface area (Å²) in [5.41, 5.74) is 20.9. The van der Waals surface area contributed by atoms with Gasteiger partial charge in [-0.2, -0.15) is 0 Å². The molecule has 0 saturated carbocycles. The Bertz CT molecular complexity index is 6940. The summed E-state index contributed by atoms with van der Waals surface area (Å²) in [5, 5.41) is 85.5. The average Bonchev–Trinajstić information content (AvgIpc) is 0.779. The molecule has 0 bridgehead atoms. The summed E-state index contributed by atoms with van der Waals surface area (Å²) in [4.78, 5) is 133. The van der Waals surface area contributed by atoms with Crippen molar-refractivity contribution in [1.82, 2.24) is 0 Å². The molecule has 16 aromatic rings. The van der Waals surface area contributed by atoms with Gasteiger partial charge in [-0.05, 0) is 319 Å². The van der Waals surface area contributed by atoms with Crippen LogP contribution in [-0.2, 0) is 19.2 Å². The second kappa shape index (κ2) is 49.6. The Morgan fingerprint density at radius 1 is 0.245 bits per heavy atom. The normalized spacial score (nSPS) is 10.8. The third-order valence-electron chi connectivity index (χ3n) is 24.2. The fourth-order valence-corrected chi connectivity index (χ4v) is 16.0. The van der Waals surface area contributed by atoms with Crippen LogP contribution in [0.4, 0.5) is 0 Å². The summed E-state index contributed by atoms with van der Waals surface area (Å²) in [6, 6.07) is 95.6. The predicted octanol–water partition coefficient (Wildman–Crippen LogP) is 25.9. The Hall–Kier alpha value is -19.4. The molecule has 9 N–H and O–H groups in total. The molecular weight excluding hydrogens is 1870 g/mol. The first-order valence-corrected chi connectivity index (χ1v) is 46.1. The first-order chi connectivity index (χ1) is 70.9. The number of ether oxygens (including phenoxy) is 6. The molecule has 27 nitrogen and oxygen atoms in total. The molecule has 0 unspecified atom stereocenters. The fraction of sp³-hybridized carbons (Fsp3) is 0.100. The van der Waals surface area contributed by atoms with Crippen molar-refractivity contribution in [2.75, 3.05) is 13.2 Å². The number of hydrogen-bond donors (Lipinski definition) is 9. The molecule has 0 fully saturated rings. The third-order valence-corrected chi connectivity index (χ3v) is 24.2. The van der Waals surface area contributed by atoms with Crippen LogP contribution in [0.1, 0.15) is 141 Å². The van der Waals surface area contributed by atoms with Crippen LogP contribution >= 0.6 is 0 Å². The van der Waals surface area contributed by atoms with Crippen molar-refractivity contribution in [1.29, 1.82) is 0 Å². The standard InChI is InChI=1S/C33H30O7.C32H28O7.C28H20O6.C27H18O7/c1-2-3-4-5-18-39-31-29(23-6-10-25(11-7-23)32(35)36)19-27(22-14-16-28(17-15-22)40-21-34)20-30(31)24-8-12-26(13-9-24)33(37)38;1-3-20(2)18-38-30-28(22-4-8-24(9-5-22)31(34)35)16-26(21-12-14-27(15-13-21)39-19-33)17-29(30)23-6-10-25(11-7-23)32(36)37;1-17-25(19-2-6-21(7-3-19)27(30)31)14-23(18-10-12-24(13-11-18)34-16-29)15-26(17)20-4-8-22(9-5-20)28(32)33;28-15-34-22-11-9-16(10-12-22)21-13-23(17-1-5-19(6-2-17)26(30)31)25(29)24(14-21)18-3-7-20(8-4-18)27(32)33/h6-17,19-21H,2-5,18H2,1H3,(H,35,36)(H,37,38);4-17,19-20H,3,18H2,1-2H3,(H,34,35)(H,36,37);2-16H,1H3,(H,30,31)(H,32,33);1-15,29H,(H,30,31)(H,32,33)/t;20-;;/m.1../s1. The Labute approximate surface area is 843 Å². The second-order valence-electron chi connectivity index (χ2n) is 33.7. The summed E-state index contributed by atoms with van der Waals surface area (Å²) >= 11 is 0. The number of benzene rings is 16. The summed E-state index contributed by atoms with van der Waals surface area (Å²) in [6.07, 6.45) is 5.06. The van der Waals surface area contributed by atoms with Crippen molar-refractivity contribution < 1.29 is 132 Å². The zero-order valence-electron chi connectivity index (χ0n) is 79.5. The van der Waals surface area contributed by atoms with Gasteiger partial charge in [-0.3, -0.25) is 19.2 Å². The number of carboxylic acids is 8. The number of unbranched alkanes of at least 4 members (excludes halogenated alkanes) is 3. The van der Waals surface area contributed by atoms with E-state index in [4.69, 9.17) is 28.4 Å². The monoisotopic (exact) mass is 1970 g/mol. The lowest BCUT2D eigenvalue weighted by Crippen LogP contribution is -2.09. The first kappa shape index (κ1) is 105. The van der Waals surface area contributed by atoms with Crippen molar-refractivity contribution in [3.63, 3.8) is 0 Å². The SMILES string of the molecule is CCCCCCOc1c(-c2ccc(C(=O)O)cc2)cc(-c2ccc(OC=O)cc2)cc1-c1ccc(C(=O)O)cc1.CC[C@@H](C)COc1c(-c2ccc(C(=O)O)cc2)cc(-c2ccc(OC=O)cc2)cc1-c1ccc(C(=O)O)cc1.Cc1c(-c2ccc(C(=O)O)cc2)cc(-c2ccc(OC=O)cc2)cc1-c1ccc(C(=O)O)cc1.O=COc1ccc(-c2cc(-c3ccc(C(=O)O)cc3)c(O)c(-c3ccc(C(=O)O)cc3)c2)cc1. The van der Waals surface area contributed by atoms with E-state index in [0.717, 1.165) is 149 Å². The largest absolute Gasteiger partial charge is 0.507 e. The third kappa shape index (κ3) is 26.8. The van der Waals surface area contributed by atoms with E-state index < -0.39 is 47.8 Å². The van der Waals surface area contributed by atoms with Crippen molar-refractivity contribution in [2.24, 2.45) is 5.92 Å². The molecule has 0 aliphatic heterocycles. The zero-order chi connectivity index (χ0) is 105. The highest BCUT2D eigenvalue weighted by Crippen LogP contribution is 2.48. The molecule has 147 heavy (non-hydrogen) atoms. The van der Waals surface area contributed by atoms with Gasteiger partial charge in [0.05, 0.1) is 57.7 Å². The Kier molecular flexibility index (Phi) is 35.4. The van der Waals surface area contributed by atoms with Gasteiger partial charge in [0.2, 0.25) is 0 Å². The quantitative estimate of drug-likeness (QED) is 0.0128. The molecule has 27 heteroatoms. The zero-order valence-corrected chi connectivity index (χ0v) is 79.5. The number of carboxylic acid groups (broad SMARTS) is 8. The van der Waals surface area contributed by atoms with E-state index in [-0.39, 0.29) is 50.3 Å². The van der Waals surface area contributed by atoms with Gasteiger partial charge >= 0.3 is 47.8 Å². The molecular formula is C120H96O27. The topological polar surface area (TPSA) is 442 Å². The fourth-order valence-electron chi connectivity index (χ4n) is 16.0. The molecule has 0 spiro atoms. The van der Waals surface area contributed by atoms with Gasteiger partial charge in [0, 0.05) is 33.4 Å². The minimum Gasteiger partial charge on any atom is -0.507 e. The van der Waals surface area contributed by atoms with E-state index in [0.29, 0.717) is 102 Å². The van der Waals surface area contributed by atoms with Crippen LogP contribution in [0, 0.1) is 12.8 Å². The molecule has 0 aliphatic carbocycles. The lowest BCUT2D eigenvalue weighted by atomic mass is 9.88. The van der Waals surface area contributed by atoms with E-state index in [1.165, 1.54) is 24.3 Å². The first-order valence-electron chi connectivity index (χ1n) is 46.1. The Balaban J connectivity index is 0.000000164. The van der Waals surface area contributed by atoms with Gasteiger partial charge in [0.1, 0.15) is 40.2 Å². The number of rotatable bonds is 38. The van der Waals surface area contributed by atoms with Crippen LogP contribution < -0.4 is 28.4 Å². The van der Waals surface area contributed by atoms with Crippen LogP contribution in [0.5, 0.6) is 40.2 Å². The summed E-state index contributed by atoms with van der Waals surface area (Å²) in [6.45, 7) is 10.7. The van der Waals surface area contributed by atoms with Gasteiger partial charge in [-0.15, -0.1) is 0 Å². The van der Waals surface area contributed by atoms with Gasteiger partial charge in [0.25, 0.3) is 25.9 Å². The molecule has 0 radical (unpaired) electrons. The van der Waals surface area contributed by atoms with Crippen LogP contribution in [-0.4, -0.2) is 133 Å². The maximum atomic E-state index is 11.5. The summed E-state index contributed by atoms with van der Waals surface area (Å²) < 4.78 is 32.5. The molecule has 738 valence electrons. The maximum Gasteiger partial charge on any atom is 0.335 e. The number of phenols is 1. The van der Waals surface area contributed by atoms with Gasteiger partial charge in [-0.1, -0.05) is 192 Å². The highest BCUT2D eigenvalue weighted by atomic mass is 16.5. The minimum absolute atomic E-state index is 0.0317. The lowest BCUT2D eigenvalue weighted by Gasteiger charge is -2.21. The number of aromatic hydroxyl groups is 1. The van der Waals surface area contributed by atoms with Crippen molar-refractivity contribution in [2.45, 2.75) is 59.8 Å². The van der Waals surface area contributed by atoms with E-state index in [9.17, 15) is 103 Å². The molecule has 0 heterocycles. The Morgan fingerprint density at radius 2 is 0.435 bits per heavy atom. The second-order valence-corrected chi connectivity index (χ2v) is 33.7. The van der Waals surface area contributed by atoms with Gasteiger partial charge < -0.3 is 74.4 Å². The number of hydrogen-bond acceptors (Lipinski definition) is 19. The summed E-state index contributed by atoms with van der Waals surface area (Å²) in [7, 11) is 0. The van der Waals surface area contributed by atoms with E-state index in [1.807, 2.05) is 79.7 Å². The van der Waals surface area contributed by atoms with Crippen LogP contribution in [0.2, 0.25) is 0 Å². The van der Waals surface area contributed by atoms with Gasteiger partial charge in [0.15, 0.2) is 0 Å². The van der Waals surface area contributed by atoms with E-state index >= 15 is 0 Å². The maximum absolute atomic E-state index is 11.5. The van der Waals surface area contributed by atoms with Crippen LogP contribution in [0.25, 0.3) is 134 Å². The van der Waals surface area contributed by atoms with Crippen LogP contribution in [0.3, 0.4) is 0 Å². The highest BCUT2D eigenvalue weighted by Gasteiger charge is 2.25. The summed E-state index contributed by atoms with van der Waals surface area (Å²) in [5.74, 6) is -4.99. The minimum atomic E-state index is -1.05. The van der Waals surface area contributed by atoms with E-state index in [2.05, 4.69) is 20.8 Å². The van der Waals surface area contributed by atoms with Crippen LogP contribution in [0.15, 0.2) is 340 Å². The number of aromatic carboxylic acids is 8. The average molecular weight is 1970 g/mol. The number of carbonyl (C=O) groups is 12. The Morgan fingerprint density at radius 3 is 0.639 bits per heavy atom. The molecule has 0 saturated heterocycles. The van der Waals surface area contributed by atoms with E-state index in [1.54, 1.807) is 243 Å². The van der Waals surface area contributed by atoms with Crippen molar-refractivity contribution >= 4 is 73.6 Å². The molecule has 16 rings (SSSR count). The molecule has 0 aliphatic rings. The highest BCUT2D eigenvalue weighted by molar-refractivity contribution is 5.99. The lowest BCUT2D eigenvalue weighted by molar-refractivity contribution is -0.121. The molecule has 0 aromatic heterocycles. The predicted molar refractivity (Wildman–Crippen MR) is 554 cm³/mol. The van der Waals surface area contributed by atoms with Gasteiger partial charge in [-0.25, -0.2) is 38.4 Å².